The largest absolute Gasteiger partial charge is 0.332 e. The second-order valence-electron chi connectivity index (χ2n) is 5.01. The number of hydrogen-bond donors (Lipinski definition) is 1. The highest BCUT2D eigenvalue weighted by atomic mass is 35.5. The lowest BCUT2D eigenvalue weighted by Gasteiger charge is -2.26. The summed E-state index contributed by atoms with van der Waals surface area (Å²) >= 11 is 9.17. The first-order chi connectivity index (χ1) is 9.05. The van der Waals surface area contributed by atoms with E-state index < -0.39 is 0 Å². The molecule has 19 heavy (non-hydrogen) atoms. The van der Waals surface area contributed by atoms with Crippen molar-refractivity contribution in [3.05, 3.63) is 17.2 Å². The van der Waals surface area contributed by atoms with Crippen molar-refractivity contribution in [1.82, 2.24) is 8.75 Å². The quantitative estimate of drug-likeness (QED) is 0.863. The van der Waals surface area contributed by atoms with Gasteiger partial charge >= 0.3 is 0 Å². The first-order valence-corrected chi connectivity index (χ1v) is 8.05. The van der Waals surface area contributed by atoms with Crippen LogP contribution in [0.2, 0.25) is 5.02 Å². The number of halogens is 1. The first kappa shape index (κ1) is 13.1. The van der Waals surface area contributed by atoms with Crippen molar-refractivity contribution in [2.24, 2.45) is 4.99 Å². The fraction of sp³-hybridized carbons (Fsp3) is 0.417. The van der Waals surface area contributed by atoms with Gasteiger partial charge in [0.1, 0.15) is 11.0 Å². The lowest BCUT2D eigenvalue weighted by molar-refractivity contribution is 0.507. The van der Waals surface area contributed by atoms with Crippen LogP contribution in [-0.2, 0) is 0 Å². The molecule has 1 aromatic carbocycles. The SMILES string of the molecule is CC1(C)CCSC(Nc2c(Cl)ccc3nsnc23)=N1. The Labute approximate surface area is 125 Å². The fourth-order valence-corrected chi connectivity index (χ4v) is 3.90. The van der Waals surface area contributed by atoms with E-state index in [0.717, 1.165) is 34.1 Å². The van der Waals surface area contributed by atoms with Gasteiger partial charge in [0.25, 0.3) is 0 Å². The van der Waals surface area contributed by atoms with Crippen LogP contribution in [0.4, 0.5) is 5.69 Å². The van der Waals surface area contributed by atoms with Crippen molar-refractivity contribution in [2.75, 3.05) is 11.1 Å². The molecule has 0 radical (unpaired) electrons. The molecule has 0 saturated carbocycles. The van der Waals surface area contributed by atoms with Crippen molar-refractivity contribution in [3.63, 3.8) is 0 Å². The van der Waals surface area contributed by atoms with Crippen molar-refractivity contribution in [1.29, 1.82) is 0 Å². The number of aliphatic imine (C=N–C) groups is 1. The fourth-order valence-electron chi connectivity index (χ4n) is 1.88. The van der Waals surface area contributed by atoms with Gasteiger partial charge in [-0.2, -0.15) is 8.75 Å². The average Bonchev–Trinajstić information content (AvgIpc) is 2.80. The van der Waals surface area contributed by atoms with Crippen molar-refractivity contribution >= 4 is 57.0 Å². The number of nitrogens with zero attached hydrogens (tertiary/aromatic N) is 3. The Kier molecular flexibility index (Phi) is 3.41. The Balaban J connectivity index is 1.99. The van der Waals surface area contributed by atoms with Crippen LogP contribution in [0.3, 0.4) is 0 Å². The number of thioether (sulfide) groups is 1. The maximum atomic E-state index is 6.26. The molecule has 4 nitrogen and oxygen atoms in total. The minimum Gasteiger partial charge on any atom is -0.332 e. The molecule has 0 saturated heterocycles. The predicted octanol–water partition coefficient (Wildman–Crippen LogP) is 4.03. The number of rotatable bonds is 1. The van der Waals surface area contributed by atoms with Crippen LogP contribution in [0.15, 0.2) is 17.1 Å². The molecule has 0 aliphatic carbocycles. The standard InChI is InChI=1S/C12H13ClN4S2/c1-12(2)5-6-18-11(15-12)14-9-7(13)3-4-8-10(9)17-19-16-8/h3-4H,5-6H2,1-2H3,(H,14,15). The van der Waals surface area contributed by atoms with E-state index in [2.05, 4.69) is 27.9 Å². The van der Waals surface area contributed by atoms with E-state index >= 15 is 0 Å². The molecule has 0 unspecified atom stereocenters. The molecule has 0 bridgehead atoms. The zero-order valence-electron chi connectivity index (χ0n) is 10.6. The molecule has 3 rings (SSSR count). The monoisotopic (exact) mass is 312 g/mol. The first-order valence-electron chi connectivity index (χ1n) is 5.96. The van der Waals surface area contributed by atoms with Crippen LogP contribution < -0.4 is 5.32 Å². The number of anilines is 1. The van der Waals surface area contributed by atoms with Crippen LogP contribution in [0.1, 0.15) is 20.3 Å². The van der Waals surface area contributed by atoms with Gasteiger partial charge in [0, 0.05) is 5.75 Å². The predicted molar refractivity (Wildman–Crippen MR) is 84.6 cm³/mol. The van der Waals surface area contributed by atoms with Gasteiger partial charge in [-0.3, -0.25) is 4.99 Å². The number of nitrogens with one attached hydrogen (secondary N) is 1. The Bertz CT molecular complexity index is 650. The van der Waals surface area contributed by atoms with Crippen LogP contribution in [0, 0.1) is 0 Å². The third-order valence-electron chi connectivity index (χ3n) is 2.97. The van der Waals surface area contributed by atoms with Gasteiger partial charge < -0.3 is 5.32 Å². The van der Waals surface area contributed by atoms with E-state index in [1.807, 2.05) is 12.1 Å². The van der Waals surface area contributed by atoms with Gasteiger partial charge in [0.2, 0.25) is 0 Å². The zero-order valence-corrected chi connectivity index (χ0v) is 13.0. The number of fused-ring (bicyclic) bond motifs is 1. The van der Waals surface area contributed by atoms with Gasteiger partial charge in [-0.25, -0.2) is 0 Å². The third-order valence-corrected chi connectivity index (χ3v) is 4.70. The molecule has 0 amide bonds. The molecular weight excluding hydrogens is 300 g/mol. The van der Waals surface area contributed by atoms with Crippen LogP contribution in [-0.4, -0.2) is 25.2 Å². The minimum atomic E-state index is -0.0196. The van der Waals surface area contributed by atoms with Crippen molar-refractivity contribution in [3.8, 4) is 0 Å². The number of benzene rings is 1. The van der Waals surface area contributed by atoms with E-state index in [-0.39, 0.29) is 5.54 Å². The maximum Gasteiger partial charge on any atom is 0.161 e. The van der Waals surface area contributed by atoms with Crippen molar-refractivity contribution < 1.29 is 0 Å². The summed E-state index contributed by atoms with van der Waals surface area (Å²) in [5.41, 5.74) is 2.45. The Hall–Kier alpha value is -0.850. The van der Waals surface area contributed by atoms with Crippen LogP contribution in [0.5, 0.6) is 0 Å². The van der Waals surface area contributed by atoms with Gasteiger partial charge in [-0.1, -0.05) is 23.4 Å². The molecule has 1 aliphatic rings. The molecule has 2 aromatic rings. The summed E-state index contributed by atoms with van der Waals surface area (Å²) in [6.45, 7) is 4.28. The topological polar surface area (TPSA) is 50.2 Å². The summed E-state index contributed by atoms with van der Waals surface area (Å²) in [7, 11) is 0. The molecule has 1 N–H and O–H groups in total. The molecule has 0 fully saturated rings. The van der Waals surface area contributed by atoms with Gasteiger partial charge in [-0.15, -0.1) is 0 Å². The molecular formula is C12H13ClN4S2. The Morgan fingerprint density at radius 1 is 1.32 bits per heavy atom. The molecule has 1 aromatic heterocycles. The number of amidine groups is 1. The number of hydrogen-bond acceptors (Lipinski definition) is 6. The highest BCUT2D eigenvalue weighted by Gasteiger charge is 2.23. The van der Waals surface area contributed by atoms with Crippen molar-refractivity contribution in [2.45, 2.75) is 25.8 Å². The molecule has 1 aliphatic heterocycles. The summed E-state index contributed by atoms with van der Waals surface area (Å²) in [4.78, 5) is 4.71. The van der Waals surface area contributed by atoms with Gasteiger partial charge in [0.05, 0.1) is 28.0 Å². The van der Waals surface area contributed by atoms with Crippen LogP contribution in [0.25, 0.3) is 11.0 Å². The second kappa shape index (κ2) is 4.92. The third kappa shape index (κ3) is 2.70. The highest BCUT2D eigenvalue weighted by molar-refractivity contribution is 8.14. The van der Waals surface area contributed by atoms with Gasteiger partial charge in [-0.05, 0) is 32.4 Å². The Morgan fingerprint density at radius 2 is 2.16 bits per heavy atom. The maximum absolute atomic E-state index is 6.26. The zero-order chi connectivity index (χ0) is 13.5. The normalized spacial score (nSPS) is 18.4. The number of aromatic nitrogens is 2. The van der Waals surface area contributed by atoms with E-state index in [0.29, 0.717) is 5.02 Å². The van der Waals surface area contributed by atoms with E-state index in [1.165, 1.54) is 11.7 Å². The summed E-state index contributed by atoms with van der Waals surface area (Å²) < 4.78 is 8.53. The molecule has 100 valence electrons. The van der Waals surface area contributed by atoms with E-state index in [4.69, 9.17) is 16.6 Å². The molecule has 7 heteroatoms. The summed E-state index contributed by atoms with van der Waals surface area (Å²) in [6, 6.07) is 3.72. The summed E-state index contributed by atoms with van der Waals surface area (Å²) in [5, 5.41) is 4.87. The minimum absolute atomic E-state index is 0.0196. The highest BCUT2D eigenvalue weighted by Crippen LogP contribution is 2.33. The summed E-state index contributed by atoms with van der Waals surface area (Å²) in [5.74, 6) is 1.06. The average molecular weight is 313 g/mol. The smallest absolute Gasteiger partial charge is 0.161 e. The molecule has 0 spiro atoms. The summed E-state index contributed by atoms with van der Waals surface area (Å²) in [6.07, 6.45) is 1.08. The van der Waals surface area contributed by atoms with Crippen LogP contribution >= 0.6 is 35.1 Å². The van der Waals surface area contributed by atoms with Gasteiger partial charge in [0.15, 0.2) is 5.17 Å². The second-order valence-corrected chi connectivity index (χ2v) is 7.03. The lowest BCUT2D eigenvalue weighted by Crippen LogP contribution is -2.27. The molecule has 2 heterocycles. The molecule has 0 atom stereocenters. The van der Waals surface area contributed by atoms with E-state index in [1.54, 1.807) is 11.8 Å². The van der Waals surface area contributed by atoms with E-state index in [9.17, 15) is 0 Å². The lowest BCUT2D eigenvalue weighted by atomic mass is 10.0. The Morgan fingerprint density at radius 3 is 2.95 bits per heavy atom.